The number of thiazole rings is 1. The predicted molar refractivity (Wildman–Crippen MR) is 98.1 cm³/mol. The zero-order chi connectivity index (χ0) is 18.5. The molecular formula is C19H15FN4O2S. The Morgan fingerprint density at radius 2 is 2.26 bits per heavy atom. The summed E-state index contributed by atoms with van der Waals surface area (Å²) in [6.07, 6.45) is 2.44. The zero-order valence-electron chi connectivity index (χ0n) is 14.5. The third-order valence-corrected chi connectivity index (χ3v) is 5.61. The molecule has 0 N–H and O–H groups in total. The van der Waals surface area contributed by atoms with Gasteiger partial charge < -0.3 is 9.42 Å². The molecule has 8 heteroatoms. The zero-order valence-corrected chi connectivity index (χ0v) is 15.3. The highest BCUT2D eigenvalue weighted by Crippen LogP contribution is 2.31. The first-order chi connectivity index (χ1) is 13.1. The number of nitrogens with zero attached hydrogens (tertiary/aromatic N) is 4. The van der Waals surface area contributed by atoms with Crippen molar-refractivity contribution in [2.45, 2.75) is 19.9 Å². The van der Waals surface area contributed by atoms with E-state index in [1.807, 2.05) is 22.9 Å². The van der Waals surface area contributed by atoms with Crippen LogP contribution in [0.2, 0.25) is 0 Å². The summed E-state index contributed by atoms with van der Waals surface area (Å²) in [6.45, 7) is 2.76. The predicted octanol–water partition coefficient (Wildman–Crippen LogP) is 3.70. The van der Waals surface area contributed by atoms with Crippen molar-refractivity contribution < 1.29 is 13.7 Å². The molecule has 0 aliphatic carbocycles. The lowest BCUT2D eigenvalue weighted by Crippen LogP contribution is -2.36. The molecule has 27 heavy (non-hydrogen) atoms. The van der Waals surface area contributed by atoms with Crippen molar-refractivity contribution in [2.75, 3.05) is 6.54 Å². The maximum absolute atomic E-state index is 13.6. The molecule has 0 saturated carbocycles. The van der Waals surface area contributed by atoms with Gasteiger partial charge in [0.2, 0.25) is 0 Å². The maximum atomic E-state index is 13.6. The van der Waals surface area contributed by atoms with Gasteiger partial charge in [-0.25, -0.2) is 9.37 Å². The van der Waals surface area contributed by atoms with Crippen LogP contribution in [-0.4, -0.2) is 31.9 Å². The Kier molecular flexibility index (Phi) is 3.61. The topological polar surface area (TPSA) is 63.6 Å². The fourth-order valence-corrected chi connectivity index (χ4v) is 4.31. The first-order valence-corrected chi connectivity index (χ1v) is 9.44. The van der Waals surface area contributed by atoms with Gasteiger partial charge in [-0.3, -0.25) is 9.20 Å². The van der Waals surface area contributed by atoms with Gasteiger partial charge in [0.05, 0.1) is 12.2 Å². The number of hydrogen-bond acceptors (Lipinski definition) is 5. The van der Waals surface area contributed by atoms with E-state index in [0.29, 0.717) is 42.2 Å². The standard InChI is InChI=1S/C19H15FN4O2S/c1-11-17(24-7-8-27-19(24)21-11)18(25)23-6-5-15-14(10-23)16(22-26-15)12-3-2-4-13(20)9-12/h2-4,7-9H,5-6,10H2,1H3. The van der Waals surface area contributed by atoms with Gasteiger partial charge in [-0.2, -0.15) is 0 Å². The third kappa shape index (κ3) is 2.56. The fraction of sp³-hybridized carbons (Fsp3) is 0.211. The molecule has 1 amide bonds. The minimum atomic E-state index is -0.331. The van der Waals surface area contributed by atoms with Crippen LogP contribution in [0.1, 0.15) is 27.5 Å². The normalized spacial score (nSPS) is 13.9. The van der Waals surface area contributed by atoms with E-state index in [1.54, 1.807) is 17.0 Å². The average molecular weight is 382 g/mol. The number of halogens is 1. The highest BCUT2D eigenvalue weighted by atomic mass is 32.1. The molecule has 0 radical (unpaired) electrons. The molecular weight excluding hydrogens is 367 g/mol. The number of imidazole rings is 1. The Morgan fingerprint density at radius 1 is 1.37 bits per heavy atom. The number of carbonyl (C=O) groups is 1. The molecule has 0 fully saturated rings. The maximum Gasteiger partial charge on any atom is 0.273 e. The second kappa shape index (κ2) is 6.02. The lowest BCUT2D eigenvalue weighted by molar-refractivity contribution is 0.0721. The van der Waals surface area contributed by atoms with Crippen LogP contribution in [-0.2, 0) is 13.0 Å². The lowest BCUT2D eigenvalue weighted by Gasteiger charge is -2.26. The summed E-state index contributed by atoms with van der Waals surface area (Å²) in [7, 11) is 0. The van der Waals surface area contributed by atoms with Gasteiger partial charge in [-0.15, -0.1) is 11.3 Å². The van der Waals surface area contributed by atoms with E-state index >= 15 is 0 Å². The van der Waals surface area contributed by atoms with Crippen molar-refractivity contribution >= 4 is 22.2 Å². The second-order valence-electron chi connectivity index (χ2n) is 6.52. The van der Waals surface area contributed by atoms with E-state index in [9.17, 15) is 9.18 Å². The molecule has 0 unspecified atom stereocenters. The monoisotopic (exact) mass is 382 g/mol. The fourth-order valence-electron chi connectivity index (χ4n) is 3.55. The van der Waals surface area contributed by atoms with Crippen LogP contribution in [0.3, 0.4) is 0 Å². The summed E-state index contributed by atoms with van der Waals surface area (Å²) in [5.74, 6) is 0.349. The number of amides is 1. The SMILES string of the molecule is Cc1nc2sccn2c1C(=O)N1CCc2onc(-c3cccc(F)c3)c2C1. The summed E-state index contributed by atoms with van der Waals surface area (Å²) in [6, 6.07) is 6.24. The number of aryl methyl sites for hydroxylation is 1. The smallest absolute Gasteiger partial charge is 0.273 e. The van der Waals surface area contributed by atoms with Gasteiger partial charge >= 0.3 is 0 Å². The second-order valence-corrected chi connectivity index (χ2v) is 7.39. The van der Waals surface area contributed by atoms with Crippen molar-refractivity contribution in [1.29, 1.82) is 0 Å². The van der Waals surface area contributed by atoms with Crippen molar-refractivity contribution in [3.63, 3.8) is 0 Å². The molecule has 136 valence electrons. The number of rotatable bonds is 2. The van der Waals surface area contributed by atoms with Crippen LogP contribution in [0.5, 0.6) is 0 Å². The summed E-state index contributed by atoms with van der Waals surface area (Å²) in [4.78, 5) is 20.2. The summed E-state index contributed by atoms with van der Waals surface area (Å²) < 4.78 is 20.9. The van der Waals surface area contributed by atoms with Crippen molar-refractivity contribution in [1.82, 2.24) is 19.4 Å². The average Bonchev–Trinajstić information content (AvgIpc) is 3.34. The number of aromatic nitrogens is 3. The van der Waals surface area contributed by atoms with Gasteiger partial charge in [-0.05, 0) is 19.1 Å². The lowest BCUT2D eigenvalue weighted by atomic mass is 10.0. The Hall–Kier alpha value is -3.00. The molecule has 1 aromatic carbocycles. The van der Waals surface area contributed by atoms with Crippen LogP contribution < -0.4 is 0 Å². The molecule has 4 aromatic rings. The van der Waals surface area contributed by atoms with Gasteiger partial charge in [-0.1, -0.05) is 17.3 Å². The van der Waals surface area contributed by atoms with Crippen LogP contribution in [0, 0.1) is 12.7 Å². The van der Waals surface area contributed by atoms with Crippen LogP contribution >= 0.6 is 11.3 Å². The molecule has 3 aromatic heterocycles. The van der Waals surface area contributed by atoms with Gasteiger partial charge in [0.1, 0.15) is 23.0 Å². The minimum Gasteiger partial charge on any atom is -0.360 e. The molecule has 0 spiro atoms. The van der Waals surface area contributed by atoms with Crippen molar-refractivity contribution in [2.24, 2.45) is 0 Å². The van der Waals surface area contributed by atoms with E-state index in [1.165, 1.54) is 23.5 Å². The van der Waals surface area contributed by atoms with Crippen LogP contribution in [0.4, 0.5) is 4.39 Å². The molecule has 0 bridgehead atoms. The summed E-state index contributed by atoms with van der Waals surface area (Å²) in [5, 5.41) is 6.04. The van der Waals surface area contributed by atoms with Gasteiger partial charge in [0, 0.05) is 35.7 Å². The first-order valence-electron chi connectivity index (χ1n) is 8.56. The van der Waals surface area contributed by atoms with E-state index < -0.39 is 0 Å². The van der Waals surface area contributed by atoms with Crippen LogP contribution in [0.25, 0.3) is 16.2 Å². The van der Waals surface area contributed by atoms with Gasteiger partial charge in [0.25, 0.3) is 5.91 Å². The Balaban J connectivity index is 1.51. The molecule has 5 rings (SSSR count). The van der Waals surface area contributed by atoms with Crippen molar-refractivity contribution in [3.05, 3.63) is 64.4 Å². The van der Waals surface area contributed by atoms with Crippen LogP contribution in [0.15, 0.2) is 40.4 Å². The van der Waals surface area contributed by atoms with E-state index in [2.05, 4.69) is 10.1 Å². The number of benzene rings is 1. The molecule has 0 saturated heterocycles. The van der Waals surface area contributed by atoms with Crippen molar-refractivity contribution in [3.8, 4) is 11.3 Å². The third-order valence-electron chi connectivity index (χ3n) is 4.85. The molecule has 1 aliphatic heterocycles. The number of carbonyl (C=O) groups excluding carboxylic acids is 1. The molecule has 1 aliphatic rings. The van der Waals surface area contributed by atoms with Gasteiger partial charge in [0.15, 0.2) is 4.96 Å². The quantitative estimate of drug-likeness (QED) is 0.530. The van der Waals surface area contributed by atoms with E-state index in [4.69, 9.17) is 4.52 Å². The molecule has 6 nitrogen and oxygen atoms in total. The minimum absolute atomic E-state index is 0.0737. The molecule has 0 atom stereocenters. The molecule has 4 heterocycles. The summed E-state index contributed by atoms with van der Waals surface area (Å²) >= 11 is 1.50. The largest absolute Gasteiger partial charge is 0.360 e. The highest BCUT2D eigenvalue weighted by Gasteiger charge is 2.30. The number of hydrogen-bond donors (Lipinski definition) is 0. The Labute approximate surface area is 157 Å². The van der Waals surface area contributed by atoms with E-state index in [0.717, 1.165) is 16.3 Å². The summed E-state index contributed by atoms with van der Waals surface area (Å²) in [5.41, 5.74) is 3.37. The highest BCUT2D eigenvalue weighted by molar-refractivity contribution is 7.15. The Bertz CT molecular complexity index is 1180. The number of fused-ring (bicyclic) bond motifs is 2. The first kappa shape index (κ1) is 16.2. The Morgan fingerprint density at radius 3 is 3.11 bits per heavy atom. The van der Waals surface area contributed by atoms with E-state index in [-0.39, 0.29) is 11.7 Å².